The molecule has 2 aromatic carbocycles. The molecular weight excluding hydrogens is 622 g/mol. The number of rotatable bonds is 9. The topological polar surface area (TPSA) is 225 Å². The van der Waals surface area contributed by atoms with E-state index in [1.807, 2.05) is 0 Å². The van der Waals surface area contributed by atoms with E-state index in [2.05, 4.69) is 15.6 Å². The summed E-state index contributed by atoms with van der Waals surface area (Å²) >= 11 is 0. The fraction of sp³-hybridized carbons (Fsp3) is 0.414. The first kappa shape index (κ1) is 35.7. The molecule has 0 aliphatic carbocycles. The van der Waals surface area contributed by atoms with Gasteiger partial charge in [-0.2, -0.15) is 0 Å². The molecule has 252 valence electrons. The number of nitro benzene ring substituents is 2. The normalized spacial score (nSPS) is 14.5. The molecule has 1 fully saturated rings. The number of non-ortho nitro benzene ring substituents is 2. The summed E-state index contributed by atoms with van der Waals surface area (Å²) in [4.78, 5) is 77.4. The number of hydrogen-bond donors (Lipinski definition) is 2. The number of likely N-dealkylation sites (N-methyl/N-ethyl adjacent to an activating group) is 1. The maximum atomic E-state index is 12.9. The standard InChI is InChI=1S/C29H35N7O11/c1-29(2,3)47-28(40)34-14-13-21(15-34)30-24(37)16-33(4)25(31-26(38)45-17-19-5-9-22(10-6-19)35(41)42)32-27(39)46-18-20-7-11-23(12-8-20)36(43)44/h5-12,21H,13-18H2,1-4H3,(H,30,37)(H,31,32,38,39)/t21-/m0/s1. The number of aliphatic imine (C=N–C) groups is 1. The van der Waals surface area contributed by atoms with Crippen molar-refractivity contribution in [1.82, 2.24) is 20.4 Å². The van der Waals surface area contributed by atoms with Crippen LogP contribution in [0.1, 0.15) is 38.3 Å². The molecule has 47 heavy (non-hydrogen) atoms. The summed E-state index contributed by atoms with van der Waals surface area (Å²) in [6.45, 7) is 4.92. The van der Waals surface area contributed by atoms with Crippen LogP contribution in [0.25, 0.3) is 0 Å². The summed E-state index contributed by atoms with van der Waals surface area (Å²) < 4.78 is 15.6. The molecule has 2 N–H and O–H groups in total. The van der Waals surface area contributed by atoms with Crippen molar-refractivity contribution < 1.29 is 43.2 Å². The Bertz CT molecular complexity index is 1510. The van der Waals surface area contributed by atoms with Crippen LogP contribution in [0, 0.1) is 20.2 Å². The van der Waals surface area contributed by atoms with Gasteiger partial charge in [0, 0.05) is 50.4 Å². The summed E-state index contributed by atoms with van der Waals surface area (Å²) in [5.41, 5.74) is -0.0882. The summed E-state index contributed by atoms with van der Waals surface area (Å²) in [5.74, 6) is -0.902. The van der Waals surface area contributed by atoms with Gasteiger partial charge in [-0.15, -0.1) is 4.99 Å². The number of benzene rings is 2. The molecule has 0 spiro atoms. The Morgan fingerprint density at radius 2 is 1.47 bits per heavy atom. The lowest BCUT2D eigenvalue weighted by Crippen LogP contribution is -2.49. The average Bonchev–Trinajstić information content (AvgIpc) is 3.46. The molecule has 1 atom stereocenters. The van der Waals surface area contributed by atoms with Crippen LogP contribution in [0.3, 0.4) is 0 Å². The summed E-state index contributed by atoms with van der Waals surface area (Å²) in [6.07, 6.45) is -2.21. The molecule has 0 bridgehead atoms. The number of amides is 4. The molecular formula is C29H35N7O11. The SMILES string of the molecule is CN(CC(=O)N[C@H]1CCN(C(=O)OC(C)(C)C)C1)C(=NC(=O)OCc1ccc([N+](=O)[O-])cc1)NC(=O)OCc1ccc([N+](=O)[O-])cc1. The van der Waals surface area contributed by atoms with Crippen molar-refractivity contribution in [2.75, 3.05) is 26.7 Å². The molecule has 0 saturated carbocycles. The van der Waals surface area contributed by atoms with E-state index in [0.29, 0.717) is 24.1 Å². The summed E-state index contributed by atoms with van der Waals surface area (Å²) in [5, 5.41) is 26.8. The van der Waals surface area contributed by atoms with Crippen LogP contribution in [0.15, 0.2) is 53.5 Å². The van der Waals surface area contributed by atoms with Gasteiger partial charge in [-0.05, 0) is 62.6 Å². The van der Waals surface area contributed by atoms with Gasteiger partial charge in [0.05, 0.1) is 16.4 Å². The number of alkyl carbamates (subject to hydrolysis) is 1. The van der Waals surface area contributed by atoms with Crippen LogP contribution in [0.5, 0.6) is 0 Å². The molecule has 0 radical (unpaired) electrons. The van der Waals surface area contributed by atoms with Crippen LogP contribution in [0.2, 0.25) is 0 Å². The second-order valence-electron chi connectivity index (χ2n) is 11.4. The van der Waals surface area contributed by atoms with E-state index in [4.69, 9.17) is 14.2 Å². The third kappa shape index (κ3) is 11.9. The smallest absolute Gasteiger partial charge is 0.437 e. The number of guanidine groups is 1. The fourth-order valence-electron chi connectivity index (χ4n) is 4.11. The molecule has 0 aromatic heterocycles. The lowest BCUT2D eigenvalue weighted by Gasteiger charge is -2.24. The Labute approximate surface area is 268 Å². The number of nitrogens with zero attached hydrogens (tertiary/aromatic N) is 5. The number of nitro groups is 2. The Kier molecular flexibility index (Phi) is 12.1. The third-order valence-electron chi connectivity index (χ3n) is 6.39. The van der Waals surface area contributed by atoms with Crippen molar-refractivity contribution in [3.8, 4) is 0 Å². The molecule has 1 saturated heterocycles. The molecule has 1 aliphatic rings. The molecule has 1 heterocycles. The quantitative estimate of drug-likeness (QED) is 0.130. The molecule has 3 rings (SSSR count). The highest BCUT2D eigenvalue weighted by Gasteiger charge is 2.31. The van der Waals surface area contributed by atoms with Crippen LogP contribution in [0.4, 0.5) is 25.8 Å². The van der Waals surface area contributed by atoms with Gasteiger partial charge in [0.2, 0.25) is 11.9 Å². The second kappa shape index (κ2) is 16.0. The van der Waals surface area contributed by atoms with Crippen LogP contribution in [-0.4, -0.2) is 88.1 Å². The van der Waals surface area contributed by atoms with E-state index >= 15 is 0 Å². The fourth-order valence-corrected chi connectivity index (χ4v) is 4.11. The zero-order valence-corrected chi connectivity index (χ0v) is 26.2. The van der Waals surface area contributed by atoms with Crippen LogP contribution >= 0.6 is 0 Å². The summed E-state index contributed by atoms with van der Waals surface area (Å²) in [7, 11) is 1.38. The van der Waals surface area contributed by atoms with Crippen molar-refractivity contribution >= 4 is 41.5 Å². The molecule has 4 amide bonds. The number of carbonyl (C=O) groups is 4. The largest absolute Gasteiger partial charge is 0.444 e. The maximum Gasteiger partial charge on any atom is 0.437 e. The van der Waals surface area contributed by atoms with Crippen molar-refractivity contribution in [2.24, 2.45) is 4.99 Å². The van der Waals surface area contributed by atoms with Gasteiger partial charge in [-0.3, -0.25) is 30.3 Å². The van der Waals surface area contributed by atoms with Crippen molar-refractivity contribution in [3.05, 3.63) is 79.9 Å². The zero-order valence-electron chi connectivity index (χ0n) is 26.2. The molecule has 2 aromatic rings. The first-order valence-corrected chi connectivity index (χ1v) is 14.2. The molecule has 18 heteroatoms. The third-order valence-corrected chi connectivity index (χ3v) is 6.39. The monoisotopic (exact) mass is 657 g/mol. The van der Waals surface area contributed by atoms with Crippen LogP contribution in [-0.2, 0) is 32.2 Å². The number of carbonyl (C=O) groups excluding carboxylic acids is 4. The minimum atomic E-state index is -1.15. The van der Waals surface area contributed by atoms with Crippen LogP contribution < -0.4 is 10.6 Å². The summed E-state index contributed by atoms with van der Waals surface area (Å²) in [6, 6.07) is 10.2. The van der Waals surface area contributed by atoms with Gasteiger partial charge < -0.3 is 29.3 Å². The molecule has 1 aliphatic heterocycles. The van der Waals surface area contributed by atoms with E-state index in [-0.39, 0.29) is 43.7 Å². The van der Waals surface area contributed by atoms with E-state index < -0.39 is 45.6 Å². The van der Waals surface area contributed by atoms with Crippen molar-refractivity contribution in [2.45, 2.75) is 52.0 Å². The van der Waals surface area contributed by atoms with Gasteiger partial charge in [-0.25, -0.2) is 14.4 Å². The van der Waals surface area contributed by atoms with Gasteiger partial charge in [0.15, 0.2) is 0 Å². The molecule has 18 nitrogen and oxygen atoms in total. The van der Waals surface area contributed by atoms with Crippen molar-refractivity contribution in [1.29, 1.82) is 0 Å². The van der Waals surface area contributed by atoms with E-state index in [9.17, 15) is 39.4 Å². The van der Waals surface area contributed by atoms with Gasteiger partial charge >= 0.3 is 18.3 Å². The Morgan fingerprint density at radius 3 is 1.98 bits per heavy atom. The van der Waals surface area contributed by atoms with E-state index in [0.717, 1.165) is 4.90 Å². The molecule has 0 unspecified atom stereocenters. The minimum absolute atomic E-state index is 0.144. The highest BCUT2D eigenvalue weighted by Crippen LogP contribution is 2.16. The number of hydrogen-bond acceptors (Lipinski definition) is 11. The second-order valence-corrected chi connectivity index (χ2v) is 11.4. The lowest BCUT2D eigenvalue weighted by molar-refractivity contribution is -0.385. The van der Waals surface area contributed by atoms with E-state index in [1.54, 1.807) is 20.8 Å². The Morgan fingerprint density at radius 1 is 0.936 bits per heavy atom. The maximum absolute atomic E-state index is 12.9. The highest BCUT2D eigenvalue weighted by atomic mass is 16.6. The van der Waals surface area contributed by atoms with Gasteiger partial charge in [-0.1, -0.05) is 0 Å². The van der Waals surface area contributed by atoms with Gasteiger partial charge in [0.1, 0.15) is 18.8 Å². The van der Waals surface area contributed by atoms with E-state index in [1.165, 1.54) is 60.5 Å². The number of likely N-dealkylation sites (tertiary alicyclic amines) is 1. The Hall–Kier alpha value is -5.81. The predicted octanol–water partition coefficient (Wildman–Crippen LogP) is 3.48. The predicted molar refractivity (Wildman–Crippen MR) is 164 cm³/mol. The first-order valence-electron chi connectivity index (χ1n) is 14.2. The highest BCUT2D eigenvalue weighted by molar-refractivity contribution is 6.00. The zero-order chi connectivity index (χ0) is 34.7. The Balaban J connectivity index is 1.63. The first-order chi connectivity index (χ1) is 22.1. The number of ether oxygens (including phenoxy) is 3. The average molecular weight is 658 g/mol. The number of nitrogens with one attached hydrogen (secondary N) is 2. The van der Waals surface area contributed by atoms with Gasteiger partial charge in [0.25, 0.3) is 11.4 Å². The minimum Gasteiger partial charge on any atom is -0.444 e. The van der Waals surface area contributed by atoms with Crippen molar-refractivity contribution in [3.63, 3.8) is 0 Å². The lowest BCUT2D eigenvalue weighted by atomic mass is 10.2.